The minimum atomic E-state index is -1.23. The number of nitrogens with one attached hydrogen (secondary N) is 1. The van der Waals surface area contributed by atoms with E-state index < -0.39 is 29.5 Å². The van der Waals surface area contributed by atoms with E-state index in [2.05, 4.69) is 5.32 Å². The zero-order valence-corrected chi connectivity index (χ0v) is 9.20. The highest BCUT2D eigenvalue weighted by molar-refractivity contribution is 5.98. The van der Waals surface area contributed by atoms with Crippen LogP contribution >= 0.6 is 0 Å². The number of amides is 1. The highest BCUT2D eigenvalue weighted by Crippen LogP contribution is 2.38. The molecule has 5 heteroatoms. The van der Waals surface area contributed by atoms with Gasteiger partial charge in [0, 0.05) is 17.8 Å². The van der Waals surface area contributed by atoms with E-state index in [1.165, 1.54) is 12.1 Å². The molecule has 1 fully saturated rings. The third-order valence-electron chi connectivity index (χ3n) is 2.81. The normalized spacial score (nSPS) is 22.0. The minimum absolute atomic E-state index is 0.0824. The second-order valence-corrected chi connectivity index (χ2v) is 4.24. The summed E-state index contributed by atoms with van der Waals surface area (Å²) in [6, 6.07) is 4.35. The molecule has 0 unspecified atom stereocenters. The maximum absolute atomic E-state index is 13.3. The summed E-state index contributed by atoms with van der Waals surface area (Å²) in [6.45, 7) is 1.77. The van der Waals surface area contributed by atoms with Gasteiger partial charge in [0.15, 0.2) is 0 Å². The molecule has 1 aliphatic carbocycles. The first-order valence-corrected chi connectivity index (χ1v) is 5.27. The molecular weight excluding hydrogens is 225 g/mol. The second-order valence-electron chi connectivity index (χ2n) is 4.24. The van der Waals surface area contributed by atoms with Crippen LogP contribution in [0.3, 0.4) is 0 Å². The van der Waals surface area contributed by atoms with Crippen molar-refractivity contribution < 1.29 is 19.1 Å². The molecule has 1 aromatic carbocycles. The number of aliphatic carboxylic acids is 1. The number of hydrogen-bond acceptors (Lipinski definition) is 3. The van der Waals surface area contributed by atoms with Gasteiger partial charge in [0.05, 0.1) is 5.69 Å². The lowest BCUT2D eigenvalue weighted by molar-refractivity contribution is -0.308. The molecule has 0 radical (unpaired) electrons. The minimum Gasteiger partial charge on any atom is -0.550 e. The highest BCUT2D eigenvalue weighted by Gasteiger charge is 2.44. The number of rotatable bonds is 3. The summed E-state index contributed by atoms with van der Waals surface area (Å²) in [7, 11) is 0. The summed E-state index contributed by atoms with van der Waals surface area (Å²) >= 11 is 0. The average molecular weight is 236 g/mol. The fourth-order valence-corrected chi connectivity index (χ4v) is 1.71. The topological polar surface area (TPSA) is 69.2 Å². The quantitative estimate of drug-likeness (QED) is 0.828. The molecule has 2 atom stereocenters. The number of carbonyl (C=O) groups is 2. The van der Waals surface area contributed by atoms with Crippen LogP contribution in [0.2, 0.25) is 0 Å². The van der Waals surface area contributed by atoms with Crippen LogP contribution in [0.1, 0.15) is 12.0 Å². The van der Waals surface area contributed by atoms with E-state index in [4.69, 9.17) is 0 Å². The molecule has 1 N–H and O–H groups in total. The molecule has 17 heavy (non-hydrogen) atoms. The average Bonchev–Trinajstić information content (AvgIpc) is 3.03. The summed E-state index contributed by atoms with van der Waals surface area (Å²) in [5, 5.41) is 12.9. The standard InChI is InChI=1S/C12H12FNO3/c1-6-2-3-9(13)10(4-6)14-11(15)7-5-8(7)12(16)17/h2-4,7-8H,5H2,1H3,(H,14,15)(H,16,17)/p-1/t7-,8+/m1/s1. The lowest BCUT2D eigenvalue weighted by Crippen LogP contribution is -2.27. The Morgan fingerprint density at radius 2 is 2.12 bits per heavy atom. The van der Waals surface area contributed by atoms with E-state index in [-0.39, 0.29) is 12.1 Å². The van der Waals surface area contributed by atoms with Gasteiger partial charge in [0.1, 0.15) is 5.82 Å². The predicted molar refractivity (Wildman–Crippen MR) is 56.4 cm³/mol. The van der Waals surface area contributed by atoms with Crippen molar-refractivity contribution in [2.75, 3.05) is 5.32 Å². The van der Waals surface area contributed by atoms with Crippen LogP contribution in [0.4, 0.5) is 10.1 Å². The van der Waals surface area contributed by atoms with E-state index in [9.17, 15) is 19.1 Å². The number of hydrogen-bond donors (Lipinski definition) is 1. The van der Waals surface area contributed by atoms with Crippen LogP contribution < -0.4 is 10.4 Å². The lowest BCUT2D eigenvalue weighted by Gasteiger charge is -2.07. The molecule has 2 rings (SSSR count). The summed E-state index contributed by atoms with van der Waals surface area (Å²) in [4.78, 5) is 22.1. The van der Waals surface area contributed by atoms with E-state index in [0.29, 0.717) is 0 Å². The van der Waals surface area contributed by atoms with Crippen LogP contribution in [-0.4, -0.2) is 11.9 Å². The Bertz CT molecular complexity index is 487. The molecule has 1 amide bonds. The number of carboxylic acid groups (broad SMARTS) is 1. The summed E-state index contributed by atoms with van der Waals surface area (Å²) in [5.41, 5.74) is 0.896. The zero-order valence-electron chi connectivity index (χ0n) is 9.20. The van der Waals surface area contributed by atoms with Gasteiger partial charge in [-0.05, 0) is 31.0 Å². The Labute approximate surface area is 97.4 Å². The Balaban J connectivity index is 2.04. The largest absolute Gasteiger partial charge is 0.550 e. The van der Waals surface area contributed by atoms with Gasteiger partial charge in [0.25, 0.3) is 0 Å². The molecule has 1 aliphatic rings. The maximum atomic E-state index is 13.3. The van der Waals surface area contributed by atoms with E-state index in [1.807, 2.05) is 0 Å². The fraction of sp³-hybridized carbons (Fsp3) is 0.333. The molecule has 0 saturated heterocycles. The summed E-state index contributed by atoms with van der Waals surface area (Å²) in [6.07, 6.45) is 0.265. The Morgan fingerprint density at radius 3 is 2.71 bits per heavy atom. The SMILES string of the molecule is Cc1ccc(F)c(NC(=O)[C@@H]2C[C@@H]2C(=O)[O-])c1. The van der Waals surface area contributed by atoms with Gasteiger partial charge in [-0.3, -0.25) is 4.79 Å². The van der Waals surface area contributed by atoms with Gasteiger partial charge < -0.3 is 15.2 Å². The van der Waals surface area contributed by atoms with Crippen molar-refractivity contribution >= 4 is 17.6 Å². The number of aryl methyl sites for hydroxylation is 1. The van der Waals surface area contributed by atoms with Gasteiger partial charge in [0.2, 0.25) is 5.91 Å². The molecule has 0 bridgehead atoms. The second kappa shape index (κ2) is 4.16. The highest BCUT2D eigenvalue weighted by atomic mass is 19.1. The number of anilines is 1. The molecule has 4 nitrogen and oxygen atoms in total. The first-order valence-electron chi connectivity index (χ1n) is 5.27. The van der Waals surface area contributed by atoms with E-state index in [1.54, 1.807) is 13.0 Å². The monoisotopic (exact) mass is 236 g/mol. The number of halogens is 1. The maximum Gasteiger partial charge on any atom is 0.228 e. The van der Waals surface area contributed by atoms with Crippen molar-refractivity contribution in [1.29, 1.82) is 0 Å². The van der Waals surface area contributed by atoms with Crippen molar-refractivity contribution in [2.45, 2.75) is 13.3 Å². The molecule has 1 saturated carbocycles. The van der Waals surface area contributed by atoms with Gasteiger partial charge in [-0.15, -0.1) is 0 Å². The lowest BCUT2D eigenvalue weighted by atomic mass is 10.2. The molecular formula is C12H11FNO3-. The van der Waals surface area contributed by atoms with Gasteiger partial charge in [-0.25, -0.2) is 4.39 Å². The van der Waals surface area contributed by atoms with Crippen molar-refractivity contribution in [3.05, 3.63) is 29.6 Å². The van der Waals surface area contributed by atoms with Crippen LogP contribution in [0.15, 0.2) is 18.2 Å². The molecule has 1 aromatic rings. The zero-order chi connectivity index (χ0) is 12.6. The Morgan fingerprint density at radius 1 is 1.41 bits per heavy atom. The molecule has 0 heterocycles. The van der Waals surface area contributed by atoms with Crippen molar-refractivity contribution in [1.82, 2.24) is 0 Å². The van der Waals surface area contributed by atoms with Crippen molar-refractivity contribution in [3.8, 4) is 0 Å². The van der Waals surface area contributed by atoms with Crippen LogP contribution in [-0.2, 0) is 9.59 Å². The molecule has 90 valence electrons. The number of benzene rings is 1. The molecule has 0 aromatic heterocycles. The van der Waals surface area contributed by atoms with Crippen LogP contribution in [0, 0.1) is 24.6 Å². The Hall–Kier alpha value is -1.91. The van der Waals surface area contributed by atoms with Crippen molar-refractivity contribution in [3.63, 3.8) is 0 Å². The molecule has 0 aliphatic heterocycles. The smallest absolute Gasteiger partial charge is 0.228 e. The number of carbonyl (C=O) groups excluding carboxylic acids is 2. The van der Waals surface area contributed by atoms with Crippen molar-refractivity contribution in [2.24, 2.45) is 11.8 Å². The van der Waals surface area contributed by atoms with Crippen LogP contribution in [0.5, 0.6) is 0 Å². The van der Waals surface area contributed by atoms with Gasteiger partial charge >= 0.3 is 0 Å². The summed E-state index contributed by atoms with van der Waals surface area (Å²) in [5.74, 6) is -3.56. The van der Waals surface area contributed by atoms with E-state index >= 15 is 0 Å². The fourth-order valence-electron chi connectivity index (χ4n) is 1.71. The third kappa shape index (κ3) is 2.43. The third-order valence-corrected chi connectivity index (χ3v) is 2.81. The van der Waals surface area contributed by atoms with Crippen LogP contribution in [0.25, 0.3) is 0 Å². The first-order chi connectivity index (χ1) is 7.99. The predicted octanol–water partition coefficient (Wildman–Crippen LogP) is 0.459. The summed E-state index contributed by atoms with van der Waals surface area (Å²) < 4.78 is 13.3. The van der Waals surface area contributed by atoms with E-state index in [0.717, 1.165) is 5.56 Å². The van der Waals surface area contributed by atoms with Gasteiger partial charge in [-0.2, -0.15) is 0 Å². The molecule has 0 spiro atoms. The first kappa shape index (κ1) is 11.6. The van der Waals surface area contributed by atoms with Gasteiger partial charge in [-0.1, -0.05) is 6.07 Å². The Kier molecular flexibility index (Phi) is 2.83. The number of carboxylic acids is 1.